The van der Waals surface area contributed by atoms with Crippen LogP contribution in [-0.4, -0.2) is 98.0 Å². The molecule has 2 aliphatic heterocycles. The standard InChI is InChI=1S/C80H62N6O12/c1-41-31-72(86-79(89)75-69(83-63-23-15-47(95-7)37-55(63)56-38-48(96-8)16-24-64(56)83)29-30-70(76(75)80(86)90)84-65-25-17-49(97-9)39-57(65)58-40-50(98-10)18-26-66(58)84)42(2)32-71(41)85-77(87)73-67(81-59-19-11-43(91-3)33-51(59)52-34-44(92-4)12-20-60(52)81)27-28-68(74(73)78(85)88)82-61-21-13-45(93-5)35-53(61)54-36-46(94-6)14-22-62(54)82/h11-40,77,87H,1-10H3. The first-order valence-corrected chi connectivity index (χ1v) is 31.7. The van der Waals surface area contributed by atoms with Crippen LogP contribution in [0.15, 0.2) is 182 Å². The van der Waals surface area contributed by atoms with Crippen LogP contribution in [0.3, 0.4) is 0 Å². The van der Waals surface area contributed by atoms with Gasteiger partial charge in [0.15, 0.2) is 6.23 Å². The number of aliphatic hydroxyl groups is 1. The molecule has 18 heteroatoms. The van der Waals surface area contributed by atoms with E-state index in [2.05, 4.69) is 4.57 Å². The second-order valence-corrected chi connectivity index (χ2v) is 24.6. The monoisotopic (exact) mass is 1300 g/mol. The van der Waals surface area contributed by atoms with E-state index in [1.54, 1.807) is 69.0 Å². The van der Waals surface area contributed by atoms with E-state index >= 15 is 14.4 Å². The number of methoxy groups -OCH3 is 8. The fourth-order valence-electron chi connectivity index (χ4n) is 15.3. The molecular weight excluding hydrogens is 1240 g/mol. The van der Waals surface area contributed by atoms with E-state index in [-0.39, 0.29) is 22.4 Å². The summed E-state index contributed by atoms with van der Waals surface area (Å²) in [5.41, 5.74) is 10.7. The third-order valence-corrected chi connectivity index (χ3v) is 19.8. The van der Waals surface area contributed by atoms with Gasteiger partial charge >= 0.3 is 0 Å². The first-order chi connectivity index (χ1) is 47.7. The van der Waals surface area contributed by atoms with E-state index in [1.807, 2.05) is 197 Å². The van der Waals surface area contributed by atoms with Crippen LogP contribution in [0.2, 0.25) is 0 Å². The van der Waals surface area contributed by atoms with Crippen molar-refractivity contribution in [1.29, 1.82) is 0 Å². The summed E-state index contributed by atoms with van der Waals surface area (Å²) in [4.78, 5) is 51.8. The molecule has 1 atom stereocenters. The Morgan fingerprint density at radius 1 is 0.276 bits per heavy atom. The van der Waals surface area contributed by atoms with Crippen molar-refractivity contribution in [3.05, 3.63) is 215 Å². The Bertz CT molecular complexity index is 5620. The van der Waals surface area contributed by atoms with E-state index in [9.17, 15) is 5.11 Å². The minimum absolute atomic E-state index is 0.167. The van der Waals surface area contributed by atoms with E-state index in [0.717, 1.165) is 87.2 Å². The molecule has 15 aromatic rings. The largest absolute Gasteiger partial charge is 0.497 e. The minimum Gasteiger partial charge on any atom is -0.497 e. The predicted octanol–water partition coefficient (Wildman–Crippen LogP) is 16.2. The highest BCUT2D eigenvalue weighted by Crippen LogP contribution is 2.51. The summed E-state index contributed by atoms with van der Waals surface area (Å²) in [6, 6.07) is 57.7. The summed E-state index contributed by atoms with van der Waals surface area (Å²) in [6.45, 7) is 3.63. The van der Waals surface area contributed by atoms with Crippen LogP contribution in [0.5, 0.6) is 46.0 Å². The van der Waals surface area contributed by atoms with Crippen LogP contribution in [0.4, 0.5) is 11.4 Å². The van der Waals surface area contributed by atoms with Gasteiger partial charge in [0.2, 0.25) is 0 Å². The Morgan fingerprint density at radius 2 is 0.510 bits per heavy atom. The SMILES string of the molecule is COc1ccc2c(c1)c1cc(OC)ccc1n2-c1ccc(-n2c3ccc(OC)cc3c3cc(OC)ccc32)c2c1C(=O)N(c1cc(C)c(N3C(=O)c4c(-n5c6ccc(OC)cc6c6cc(OC)ccc65)ccc(-n5c6ccc(OC)cc6c6cc(OC)ccc65)c4C3O)cc1C)C2=O. The second kappa shape index (κ2) is 22.1. The van der Waals surface area contributed by atoms with Gasteiger partial charge in [-0.05, 0) is 207 Å². The summed E-state index contributed by atoms with van der Waals surface area (Å²) >= 11 is 0. The normalized spacial score (nSPS) is 13.8. The summed E-state index contributed by atoms with van der Waals surface area (Å²) < 4.78 is 54.3. The van der Waals surface area contributed by atoms with Gasteiger partial charge in [-0.15, -0.1) is 0 Å². The second-order valence-electron chi connectivity index (χ2n) is 24.6. The lowest BCUT2D eigenvalue weighted by atomic mass is 10.0. The number of aryl methyl sites for hydroxylation is 2. The Kier molecular flexibility index (Phi) is 13.4. The van der Waals surface area contributed by atoms with Gasteiger partial charge in [-0.1, -0.05) is 0 Å². The van der Waals surface area contributed by atoms with Crippen molar-refractivity contribution < 1.29 is 57.4 Å². The summed E-state index contributed by atoms with van der Waals surface area (Å²) in [7, 11) is 13.0. The molecule has 0 spiro atoms. The zero-order chi connectivity index (χ0) is 67.4. The van der Waals surface area contributed by atoms with Gasteiger partial charge in [-0.3, -0.25) is 19.3 Å². The Hall–Kier alpha value is -12.4. The fraction of sp³-hybridized carbons (Fsp3) is 0.138. The van der Waals surface area contributed by atoms with Gasteiger partial charge in [-0.25, -0.2) is 4.90 Å². The number of benzene rings is 11. The molecule has 1 unspecified atom stereocenters. The number of rotatable bonds is 14. The van der Waals surface area contributed by atoms with Crippen LogP contribution in [0, 0.1) is 13.8 Å². The molecule has 17 rings (SSSR count). The number of imide groups is 1. The highest BCUT2D eigenvalue weighted by Gasteiger charge is 2.46. The number of aliphatic hydroxyl groups excluding tert-OH is 1. The number of aromatic nitrogens is 4. The van der Waals surface area contributed by atoms with Crippen molar-refractivity contribution in [3.8, 4) is 68.7 Å². The highest BCUT2D eigenvalue weighted by molar-refractivity contribution is 6.37. The molecule has 0 saturated carbocycles. The van der Waals surface area contributed by atoms with Gasteiger partial charge in [0, 0.05) is 48.7 Å². The number of anilines is 2. The van der Waals surface area contributed by atoms with Crippen LogP contribution in [0.1, 0.15) is 54.0 Å². The van der Waals surface area contributed by atoms with Crippen LogP contribution in [-0.2, 0) is 0 Å². The quantitative estimate of drug-likeness (QED) is 0.102. The highest BCUT2D eigenvalue weighted by atomic mass is 16.5. The molecule has 18 nitrogen and oxygen atoms in total. The Balaban J connectivity index is 0.869. The van der Waals surface area contributed by atoms with Gasteiger partial charge < -0.3 is 61.3 Å². The average Bonchev–Trinajstić information content (AvgIpc) is 1.55. The van der Waals surface area contributed by atoms with Crippen molar-refractivity contribution in [2.45, 2.75) is 20.1 Å². The zero-order valence-electron chi connectivity index (χ0n) is 55.0. The minimum atomic E-state index is -1.59. The number of fused-ring (bicyclic) bond motifs is 14. The van der Waals surface area contributed by atoms with E-state index < -0.39 is 23.9 Å². The van der Waals surface area contributed by atoms with Crippen molar-refractivity contribution >= 4 is 116 Å². The van der Waals surface area contributed by atoms with Crippen LogP contribution < -0.4 is 47.7 Å². The maximum absolute atomic E-state index is 16.4. The van der Waals surface area contributed by atoms with E-state index in [0.29, 0.717) is 91.1 Å². The van der Waals surface area contributed by atoms with Crippen LogP contribution >= 0.6 is 0 Å². The molecule has 2 aliphatic rings. The first-order valence-electron chi connectivity index (χ1n) is 31.7. The number of amides is 3. The number of hydrogen-bond donors (Lipinski definition) is 1. The molecule has 4 aromatic heterocycles. The van der Waals surface area contributed by atoms with Gasteiger partial charge in [-0.2, -0.15) is 0 Å². The van der Waals surface area contributed by atoms with Crippen molar-refractivity contribution in [2.24, 2.45) is 0 Å². The van der Waals surface area contributed by atoms with Crippen LogP contribution in [0.25, 0.3) is 110 Å². The smallest absolute Gasteiger partial charge is 0.268 e. The van der Waals surface area contributed by atoms with Crippen molar-refractivity contribution in [2.75, 3.05) is 66.7 Å². The molecule has 0 radical (unpaired) electrons. The first kappa shape index (κ1) is 59.3. The molecule has 484 valence electrons. The van der Waals surface area contributed by atoms with E-state index in [1.165, 1.54) is 9.80 Å². The molecule has 0 saturated heterocycles. The lowest BCUT2D eigenvalue weighted by Crippen LogP contribution is -2.32. The fourth-order valence-corrected chi connectivity index (χ4v) is 15.3. The molecular formula is C80H62N6O12. The van der Waals surface area contributed by atoms with Gasteiger partial charge in [0.1, 0.15) is 46.0 Å². The topological polar surface area (TPSA) is 171 Å². The summed E-state index contributed by atoms with van der Waals surface area (Å²) in [5, 5.41) is 20.3. The Morgan fingerprint density at radius 3 is 0.786 bits per heavy atom. The predicted molar refractivity (Wildman–Crippen MR) is 381 cm³/mol. The molecule has 6 heterocycles. The van der Waals surface area contributed by atoms with E-state index in [4.69, 9.17) is 37.9 Å². The molecule has 1 N–H and O–H groups in total. The molecule has 0 aliphatic carbocycles. The number of carbonyl (C=O) groups is 3. The summed E-state index contributed by atoms with van der Waals surface area (Å²) in [6.07, 6.45) is -1.59. The number of ether oxygens (including phenoxy) is 8. The summed E-state index contributed by atoms with van der Waals surface area (Å²) in [5.74, 6) is 3.50. The lowest BCUT2D eigenvalue weighted by molar-refractivity contribution is 0.0916. The van der Waals surface area contributed by atoms with Gasteiger partial charge in [0.25, 0.3) is 17.7 Å². The molecule has 0 bridgehead atoms. The molecule has 98 heavy (non-hydrogen) atoms. The lowest BCUT2D eigenvalue weighted by Gasteiger charge is -2.26. The molecule has 11 aromatic carbocycles. The number of carbonyl (C=O) groups excluding carboxylic acids is 3. The van der Waals surface area contributed by atoms with Crippen molar-refractivity contribution in [3.63, 3.8) is 0 Å². The maximum Gasteiger partial charge on any atom is 0.268 e. The van der Waals surface area contributed by atoms with Crippen molar-refractivity contribution in [1.82, 2.24) is 18.3 Å². The number of hydrogen-bond acceptors (Lipinski definition) is 12. The molecule has 0 fully saturated rings. The Labute approximate surface area is 560 Å². The van der Waals surface area contributed by atoms with Gasteiger partial charge in [0.05, 0.1) is 152 Å². The zero-order valence-corrected chi connectivity index (χ0v) is 55.0. The molecule has 3 amide bonds. The third-order valence-electron chi connectivity index (χ3n) is 19.8. The maximum atomic E-state index is 16.4. The average molecular weight is 1300 g/mol. The third kappa shape index (κ3) is 8.33. The number of nitrogens with zero attached hydrogens (tertiary/aromatic N) is 6.